The molecule has 2 rings (SSSR count). The van der Waals surface area contributed by atoms with Crippen molar-refractivity contribution in [3.63, 3.8) is 0 Å². The van der Waals surface area contributed by atoms with Gasteiger partial charge in [0.05, 0.1) is 0 Å². The Morgan fingerprint density at radius 1 is 1.17 bits per heavy atom. The van der Waals surface area contributed by atoms with Crippen molar-refractivity contribution < 1.29 is 14.3 Å². The number of carbonyl (C=O) groups is 2. The predicted molar refractivity (Wildman–Crippen MR) is 93.7 cm³/mol. The molecule has 2 N–H and O–H groups in total. The van der Waals surface area contributed by atoms with Gasteiger partial charge in [0.2, 0.25) is 5.91 Å². The van der Waals surface area contributed by atoms with Gasteiger partial charge in [-0.1, -0.05) is 30.3 Å². The first-order chi connectivity index (χ1) is 11.3. The van der Waals surface area contributed by atoms with Gasteiger partial charge in [0.25, 0.3) is 0 Å². The van der Waals surface area contributed by atoms with Gasteiger partial charge in [-0.15, -0.1) is 0 Å². The van der Waals surface area contributed by atoms with E-state index in [1.807, 2.05) is 39.0 Å². The van der Waals surface area contributed by atoms with Gasteiger partial charge in [0, 0.05) is 6.54 Å². The van der Waals surface area contributed by atoms with E-state index in [2.05, 4.69) is 22.8 Å². The molecule has 1 fully saturated rings. The molecule has 1 saturated carbocycles. The molecule has 0 atom stereocenters. The summed E-state index contributed by atoms with van der Waals surface area (Å²) >= 11 is 0. The fourth-order valence-corrected chi connectivity index (χ4v) is 2.75. The Kier molecular flexibility index (Phi) is 5.86. The van der Waals surface area contributed by atoms with E-state index in [0.29, 0.717) is 19.4 Å². The van der Waals surface area contributed by atoms with Gasteiger partial charge < -0.3 is 15.4 Å². The van der Waals surface area contributed by atoms with Crippen molar-refractivity contribution in [2.45, 2.75) is 64.0 Å². The van der Waals surface area contributed by atoms with Crippen molar-refractivity contribution in [3.8, 4) is 0 Å². The standard InChI is InChI=1S/C19H28N2O3/c1-18(2,3)24-17(23)21-19(12-8-13-19)16(22)20-14-7-11-15-9-5-4-6-10-15/h4-6,9-10H,7-8,11-14H2,1-3H3,(H,20,22)(H,21,23). The van der Waals surface area contributed by atoms with Crippen LogP contribution in [0.15, 0.2) is 30.3 Å². The number of ether oxygens (including phenoxy) is 1. The lowest BCUT2D eigenvalue weighted by molar-refractivity contribution is -0.131. The fraction of sp³-hybridized carbons (Fsp3) is 0.579. The molecule has 5 nitrogen and oxygen atoms in total. The second-order valence-electron chi connectivity index (χ2n) is 7.41. The second-order valence-corrected chi connectivity index (χ2v) is 7.41. The van der Waals surface area contributed by atoms with Crippen LogP contribution in [0.25, 0.3) is 0 Å². The summed E-state index contributed by atoms with van der Waals surface area (Å²) in [6, 6.07) is 10.2. The maximum absolute atomic E-state index is 12.5. The van der Waals surface area contributed by atoms with Crippen LogP contribution in [0.3, 0.4) is 0 Å². The van der Waals surface area contributed by atoms with Crippen LogP contribution >= 0.6 is 0 Å². The average molecular weight is 332 g/mol. The zero-order valence-corrected chi connectivity index (χ0v) is 14.9. The molecule has 1 aliphatic rings. The molecule has 24 heavy (non-hydrogen) atoms. The minimum Gasteiger partial charge on any atom is -0.444 e. The van der Waals surface area contributed by atoms with Crippen LogP contribution in [-0.4, -0.2) is 29.7 Å². The van der Waals surface area contributed by atoms with E-state index in [4.69, 9.17) is 4.74 Å². The molecule has 0 saturated heterocycles. The van der Waals surface area contributed by atoms with Crippen molar-refractivity contribution in [3.05, 3.63) is 35.9 Å². The molecule has 1 aromatic carbocycles. The summed E-state index contributed by atoms with van der Waals surface area (Å²) in [4.78, 5) is 24.5. The summed E-state index contributed by atoms with van der Waals surface area (Å²) in [6.45, 7) is 6.03. The van der Waals surface area contributed by atoms with E-state index in [-0.39, 0.29) is 5.91 Å². The lowest BCUT2D eigenvalue weighted by Gasteiger charge is -2.40. The highest BCUT2D eigenvalue weighted by Gasteiger charge is 2.46. The SMILES string of the molecule is CC(C)(C)OC(=O)NC1(C(=O)NCCCc2ccccc2)CCC1. The number of hydrogen-bond acceptors (Lipinski definition) is 3. The van der Waals surface area contributed by atoms with E-state index in [9.17, 15) is 9.59 Å². The number of carbonyl (C=O) groups excluding carboxylic acids is 2. The Bertz CT molecular complexity index is 560. The van der Waals surface area contributed by atoms with Crippen molar-refractivity contribution >= 4 is 12.0 Å². The highest BCUT2D eigenvalue weighted by atomic mass is 16.6. The van der Waals surface area contributed by atoms with Crippen LogP contribution in [-0.2, 0) is 16.0 Å². The van der Waals surface area contributed by atoms with Crippen molar-refractivity contribution in [2.24, 2.45) is 0 Å². The Hall–Kier alpha value is -2.04. The van der Waals surface area contributed by atoms with E-state index < -0.39 is 17.2 Å². The first-order valence-electron chi connectivity index (χ1n) is 8.64. The second kappa shape index (κ2) is 7.69. The number of alkyl carbamates (subject to hydrolysis) is 1. The molecule has 1 aliphatic carbocycles. The number of rotatable bonds is 6. The predicted octanol–water partition coefficient (Wildman–Crippen LogP) is 3.18. The van der Waals surface area contributed by atoms with Gasteiger partial charge in [-0.2, -0.15) is 0 Å². The normalized spacial score (nSPS) is 16.0. The summed E-state index contributed by atoms with van der Waals surface area (Å²) < 4.78 is 5.27. The molecular formula is C19H28N2O3. The maximum atomic E-state index is 12.5. The first kappa shape index (κ1) is 18.3. The molecule has 0 radical (unpaired) electrons. The highest BCUT2D eigenvalue weighted by molar-refractivity contribution is 5.90. The smallest absolute Gasteiger partial charge is 0.408 e. The Morgan fingerprint density at radius 3 is 2.38 bits per heavy atom. The molecule has 1 aromatic rings. The fourth-order valence-electron chi connectivity index (χ4n) is 2.75. The van der Waals surface area contributed by atoms with E-state index in [0.717, 1.165) is 19.3 Å². The van der Waals surface area contributed by atoms with Crippen molar-refractivity contribution in [1.29, 1.82) is 0 Å². The zero-order chi connectivity index (χ0) is 17.6. The molecule has 0 heterocycles. The van der Waals surface area contributed by atoms with E-state index >= 15 is 0 Å². The topological polar surface area (TPSA) is 67.4 Å². The van der Waals surface area contributed by atoms with Crippen LogP contribution in [0.4, 0.5) is 4.79 Å². The van der Waals surface area contributed by atoms with E-state index in [1.54, 1.807) is 0 Å². The molecule has 0 spiro atoms. The van der Waals surface area contributed by atoms with Gasteiger partial charge in [-0.25, -0.2) is 4.79 Å². The molecule has 2 amide bonds. The molecule has 0 unspecified atom stereocenters. The summed E-state index contributed by atoms with van der Waals surface area (Å²) in [5.74, 6) is -0.104. The van der Waals surface area contributed by atoms with Gasteiger partial charge in [-0.3, -0.25) is 4.79 Å². The van der Waals surface area contributed by atoms with Crippen LogP contribution < -0.4 is 10.6 Å². The third-order valence-corrected chi connectivity index (χ3v) is 4.15. The molecule has 0 bridgehead atoms. The first-order valence-corrected chi connectivity index (χ1v) is 8.64. The third kappa shape index (κ3) is 5.25. The molecule has 0 aliphatic heterocycles. The quantitative estimate of drug-likeness (QED) is 0.786. The van der Waals surface area contributed by atoms with Gasteiger partial charge >= 0.3 is 6.09 Å². The minimum atomic E-state index is -0.797. The molecule has 132 valence electrons. The Balaban J connectivity index is 1.77. The molecular weight excluding hydrogens is 304 g/mol. The lowest BCUT2D eigenvalue weighted by atomic mass is 9.76. The lowest BCUT2D eigenvalue weighted by Crippen LogP contribution is -2.63. The highest BCUT2D eigenvalue weighted by Crippen LogP contribution is 2.32. The number of hydrogen-bond donors (Lipinski definition) is 2. The zero-order valence-electron chi connectivity index (χ0n) is 14.9. The van der Waals surface area contributed by atoms with Gasteiger partial charge in [0.15, 0.2) is 0 Å². The molecule has 0 aromatic heterocycles. The monoisotopic (exact) mass is 332 g/mol. The summed E-state index contributed by atoms with van der Waals surface area (Å²) in [6.07, 6.45) is 3.54. The number of aryl methyl sites for hydroxylation is 1. The third-order valence-electron chi connectivity index (χ3n) is 4.15. The summed E-state index contributed by atoms with van der Waals surface area (Å²) in [7, 11) is 0. The van der Waals surface area contributed by atoms with Crippen LogP contribution in [0.5, 0.6) is 0 Å². The molecule has 5 heteroatoms. The largest absolute Gasteiger partial charge is 0.444 e. The van der Waals surface area contributed by atoms with Crippen molar-refractivity contribution in [1.82, 2.24) is 10.6 Å². The number of benzene rings is 1. The number of amides is 2. The Labute approximate surface area is 144 Å². The van der Waals surface area contributed by atoms with Crippen LogP contribution in [0.1, 0.15) is 52.0 Å². The summed E-state index contributed by atoms with van der Waals surface area (Å²) in [5.41, 5.74) is -0.104. The van der Waals surface area contributed by atoms with Crippen LogP contribution in [0, 0.1) is 0 Å². The van der Waals surface area contributed by atoms with Crippen molar-refractivity contribution in [2.75, 3.05) is 6.54 Å². The summed E-state index contributed by atoms with van der Waals surface area (Å²) in [5, 5.41) is 5.73. The average Bonchev–Trinajstić information content (AvgIpc) is 2.46. The van der Waals surface area contributed by atoms with Gasteiger partial charge in [-0.05, 0) is 58.4 Å². The number of nitrogens with one attached hydrogen (secondary N) is 2. The minimum absolute atomic E-state index is 0.104. The maximum Gasteiger partial charge on any atom is 0.408 e. The van der Waals surface area contributed by atoms with Gasteiger partial charge in [0.1, 0.15) is 11.1 Å². The Morgan fingerprint density at radius 2 is 1.83 bits per heavy atom. The van der Waals surface area contributed by atoms with E-state index in [1.165, 1.54) is 5.56 Å². The van der Waals surface area contributed by atoms with Crippen LogP contribution in [0.2, 0.25) is 0 Å².